The topological polar surface area (TPSA) is 86.8 Å². The molecule has 2 heterocycles. The maximum atomic E-state index is 10.3. The summed E-state index contributed by atoms with van der Waals surface area (Å²) in [5.74, 6) is 2.96. The van der Waals surface area contributed by atoms with Gasteiger partial charge in [-0.25, -0.2) is 0 Å². The number of thioether (sulfide) groups is 1. The minimum Gasteiger partial charge on any atom is -0.490 e. The van der Waals surface area contributed by atoms with E-state index in [1.165, 1.54) is 11.8 Å². The second-order valence-corrected chi connectivity index (χ2v) is 7.84. The number of nitrogens with zero attached hydrogens (tertiary/aromatic N) is 2. The van der Waals surface area contributed by atoms with E-state index in [1.807, 2.05) is 39.0 Å². The molecule has 0 saturated heterocycles. The van der Waals surface area contributed by atoms with Crippen LogP contribution in [0, 0.1) is 20.8 Å². The van der Waals surface area contributed by atoms with Crippen molar-refractivity contribution in [3.8, 4) is 28.7 Å². The minimum absolute atomic E-state index is 0.196. The van der Waals surface area contributed by atoms with E-state index in [0.29, 0.717) is 28.4 Å². The molecular formula is C21H22N2O5S. The molecule has 0 radical (unpaired) electrons. The number of aromatic nitrogens is 2. The molecule has 0 spiro atoms. The summed E-state index contributed by atoms with van der Waals surface area (Å²) < 4.78 is 22.2. The summed E-state index contributed by atoms with van der Waals surface area (Å²) >= 11 is 1.29. The lowest BCUT2D eigenvalue weighted by molar-refractivity contribution is 0.125. The fraction of sp³-hybridized carbons (Fsp3) is 0.333. The number of aliphatic hydroxyl groups excluding tert-OH is 1. The standard InChI is InChI=1S/C21H22N2O5S/c1-12-4-5-13(2)19(14(12)3)25-9-16(24)10-29-21-23-22-20(28-21)15-6-7-17-18(8-15)27-11-26-17/h4-8,16,24H,9-11H2,1-3H3/t16-/m1/s1. The molecular weight excluding hydrogens is 392 g/mol. The van der Waals surface area contributed by atoms with Crippen LogP contribution in [0.5, 0.6) is 17.2 Å². The van der Waals surface area contributed by atoms with Crippen LogP contribution in [0.1, 0.15) is 16.7 Å². The Balaban J connectivity index is 1.32. The van der Waals surface area contributed by atoms with Crippen molar-refractivity contribution in [2.24, 2.45) is 0 Å². The van der Waals surface area contributed by atoms with Gasteiger partial charge in [-0.3, -0.25) is 0 Å². The number of fused-ring (bicyclic) bond motifs is 1. The lowest BCUT2D eigenvalue weighted by Gasteiger charge is -2.16. The summed E-state index contributed by atoms with van der Waals surface area (Å²) in [5.41, 5.74) is 4.06. The highest BCUT2D eigenvalue weighted by molar-refractivity contribution is 7.99. The molecule has 7 nitrogen and oxygen atoms in total. The van der Waals surface area contributed by atoms with E-state index >= 15 is 0 Å². The van der Waals surface area contributed by atoms with Crippen molar-refractivity contribution in [2.45, 2.75) is 32.1 Å². The van der Waals surface area contributed by atoms with Gasteiger partial charge in [-0.15, -0.1) is 10.2 Å². The number of hydrogen-bond acceptors (Lipinski definition) is 8. The quantitative estimate of drug-likeness (QED) is 0.582. The van der Waals surface area contributed by atoms with Gasteiger partial charge in [0.1, 0.15) is 12.4 Å². The summed E-state index contributed by atoms with van der Waals surface area (Å²) in [5, 5.41) is 18.8. The monoisotopic (exact) mass is 414 g/mol. The Kier molecular flexibility index (Phi) is 5.64. The third-order valence-corrected chi connectivity index (χ3v) is 5.68. The molecule has 29 heavy (non-hydrogen) atoms. The van der Waals surface area contributed by atoms with Gasteiger partial charge in [0.25, 0.3) is 5.22 Å². The maximum absolute atomic E-state index is 10.3. The lowest BCUT2D eigenvalue weighted by atomic mass is 10.1. The highest BCUT2D eigenvalue weighted by Gasteiger charge is 2.18. The van der Waals surface area contributed by atoms with E-state index in [9.17, 15) is 5.11 Å². The van der Waals surface area contributed by atoms with Crippen LogP contribution in [0.15, 0.2) is 40.0 Å². The summed E-state index contributed by atoms with van der Waals surface area (Å²) in [4.78, 5) is 0. The fourth-order valence-corrected chi connectivity index (χ4v) is 3.62. The zero-order valence-electron chi connectivity index (χ0n) is 16.5. The Morgan fingerprint density at radius 1 is 1.07 bits per heavy atom. The van der Waals surface area contributed by atoms with Crippen molar-refractivity contribution in [2.75, 3.05) is 19.2 Å². The van der Waals surface area contributed by atoms with E-state index in [2.05, 4.69) is 16.3 Å². The third-order valence-electron chi connectivity index (χ3n) is 4.72. The minimum atomic E-state index is -0.666. The number of benzene rings is 2. The average molecular weight is 414 g/mol. The van der Waals surface area contributed by atoms with Crippen LogP contribution < -0.4 is 14.2 Å². The van der Waals surface area contributed by atoms with Crippen molar-refractivity contribution < 1.29 is 23.7 Å². The number of ether oxygens (including phenoxy) is 3. The van der Waals surface area contributed by atoms with Crippen LogP contribution in [-0.4, -0.2) is 40.6 Å². The smallest absolute Gasteiger partial charge is 0.276 e. The Morgan fingerprint density at radius 2 is 1.86 bits per heavy atom. The molecule has 1 aliphatic heterocycles. The molecule has 152 valence electrons. The summed E-state index contributed by atoms with van der Waals surface area (Å²) in [7, 11) is 0. The first-order chi connectivity index (χ1) is 14.0. The predicted molar refractivity (Wildman–Crippen MR) is 109 cm³/mol. The van der Waals surface area contributed by atoms with Crippen LogP contribution in [0.2, 0.25) is 0 Å². The molecule has 0 bridgehead atoms. The van der Waals surface area contributed by atoms with Crippen LogP contribution in [-0.2, 0) is 0 Å². The van der Waals surface area contributed by atoms with Crippen LogP contribution >= 0.6 is 11.8 Å². The van der Waals surface area contributed by atoms with Crippen LogP contribution in [0.25, 0.3) is 11.5 Å². The second kappa shape index (κ2) is 8.34. The van der Waals surface area contributed by atoms with Crippen LogP contribution in [0.3, 0.4) is 0 Å². The molecule has 1 aliphatic rings. The molecule has 0 amide bonds. The highest BCUT2D eigenvalue weighted by Crippen LogP contribution is 2.36. The van der Waals surface area contributed by atoms with E-state index in [0.717, 1.165) is 28.0 Å². The molecule has 0 saturated carbocycles. The Labute approximate surface area is 173 Å². The van der Waals surface area contributed by atoms with Gasteiger partial charge in [0, 0.05) is 11.3 Å². The number of aryl methyl sites for hydroxylation is 2. The molecule has 1 N–H and O–H groups in total. The maximum Gasteiger partial charge on any atom is 0.276 e. The largest absolute Gasteiger partial charge is 0.490 e. The van der Waals surface area contributed by atoms with Gasteiger partial charge in [-0.05, 0) is 55.7 Å². The molecule has 8 heteroatoms. The molecule has 1 atom stereocenters. The number of rotatable bonds is 7. The lowest BCUT2D eigenvalue weighted by Crippen LogP contribution is -2.20. The number of aliphatic hydroxyl groups is 1. The Morgan fingerprint density at radius 3 is 2.72 bits per heavy atom. The molecule has 4 rings (SSSR count). The molecule has 2 aromatic carbocycles. The molecule has 0 unspecified atom stereocenters. The van der Waals surface area contributed by atoms with Gasteiger partial charge in [-0.2, -0.15) is 0 Å². The molecule has 1 aromatic heterocycles. The van der Waals surface area contributed by atoms with Crippen molar-refractivity contribution in [1.82, 2.24) is 10.2 Å². The predicted octanol–water partition coefficient (Wildman–Crippen LogP) is 3.92. The van der Waals surface area contributed by atoms with Crippen molar-refractivity contribution >= 4 is 11.8 Å². The molecule has 0 aliphatic carbocycles. The van der Waals surface area contributed by atoms with Crippen molar-refractivity contribution in [3.05, 3.63) is 47.0 Å². The van der Waals surface area contributed by atoms with Gasteiger partial charge in [0.05, 0.1) is 6.10 Å². The Bertz CT molecular complexity index is 1020. The zero-order chi connectivity index (χ0) is 20.4. The van der Waals surface area contributed by atoms with E-state index in [4.69, 9.17) is 18.6 Å². The molecule has 3 aromatic rings. The summed E-state index contributed by atoms with van der Waals surface area (Å²) in [6.45, 7) is 6.47. The summed E-state index contributed by atoms with van der Waals surface area (Å²) in [6.07, 6.45) is -0.666. The first kappa shape index (κ1) is 19.6. The summed E-state index contributed by atoms with van der Waals surface area (Å²) in [6, 6.07) is 9.54. The first-order valence-electron chi connectivity index (χ1n) is 9.25. The molecule has 0 fully saturated rings. The fourth-order valence-electron chi connectivity index (χ4n) is 2.96. The highest BCUT2D eigenvalue weighted by atomic mass is 32.2. The van der Waals surface area contributed by atoms with E-state index in [-0.39, 0.29) is 13.4 Å². The average Bonchev–Trinajstić information content (AvgIpc) is 3.38. The van der Waals surface area contributed by atoms with Gasteiger partial charge < -0.3 is 23.7 Å². The Hall–Kier alpha value is -2.71. The second-order valence-electron chi connectivity index (χ2n) is 6.87. The SMILES string of the molecule is Cc1ccc(C)c(OC[C@@H](O)CSc2nnc(-c3ccc4c(c3)OCO4)o2)c1C. The van der Waals surface area contributed by atoms with Crippen molar-refractivity contribution in [1.29, 1.82) is 0 Å². The van der Waals surface area contributed by atoms with E-state index < -0.39 is 6.10 Å². The van der Waals surface area contributed by atoms with Crippen molar-refractivity contribution in [3.63, 3.8) is 0 Å². The zero-order valence-corrected chi connectivity index (χ0v) is 17.3. The van der Waals surface area contributed by atoms with E-state index in [1.54, 1.807) is 6.07 Å². The third kappa shape index (κ3) is 4.33. The van der Waals surface area contributed by atoms with Gasteiger partial charge in [-0.1, -0.05) is 23.9 Å². The first-order valence-corrected chi connectivity index (χ1v) is 10.2. The van der Waals surface area contributed by atoms with Gasteiger partial charge in [0.2, 0.25) is 12.7 Å². The van der Waals surface area contributed by atoms with Gasteiger partial charge >= 0.3 is 0 Å². The van der Waals surface area contributed by atoms with Gasteiger partial charge in [0.15, 0.2) is 11.5 Å². The van der Waals surface area contributed by atoms with Crippen LogP contribution in [0.4, 0.5) is 0 Å². The number of hydrogen-bond donors (Lipinski definition) is 1. The normalized spacial score (nSPS) is 13.5.